The van der Waals surface area contributed by atoms with E-state index >= 15 is 14.4 Å². The lowest BCUT2D eigenvalue weighted by Gasteiger charge is -2.34. The van der Waals surface area contributed by atoms with Crippen molar-refractivity contribution in [2.75, 3.05) is 16.9 Å². The van der Waals surface area contributed by atoms with Crippen LogP contribution in [0.4, 0.5) is 11.4 Å². The van der Waals surface area contributed by atoms with Crippen LogP contribution in [0.1, 0.15) is 37.4 Å². The molecule has 1 spiro atoms. The number of anilines is 2. The highest BCUT2D eigenvalue weighted by Crippen LogP contribution is 2.65. The lowest BCUT2D eigenvalue weighted by molar-refractivity contribution is -0.123. The van der Waals surface area contributed by atoms with E-state index in [-0.39, 0.29) is 17.5 Å². The van der Waals surface area contributed by atoms with Gasteiger partial charge in [-0.3, -0.25) is 14.4 Å². The Hall–Kier alpha value is -4.85. The molecule has 0 saturated carbocycles. The Morgan fingerprint density at radius 3 is 2.21 bits per heavy atom. The Bertz CT molecular complexity index is 2090. The maximum Gasteiger partial charge on any atom is 0.241 e. The predicted octanol–water partition coefficient (Wildman–Crippen LogP) is 8.14. The summed E-state index contributed by atoms with van der Waals surface area (Å²) in [5.41, 5.74) is 3.61. The molecule has 4 atom stereocenters. The fourth-order valence-corrected chi connectivity index (χ4v) is 9.46. The largest absolute Gasteiger partial charge is 0.497 e. The number of para-hydroxylation sites is 1. The molecule has 5 aromatic carbocycles. The summed E-state index contributed by atoms with van der Waals surface area (Å²) in [5.74, 6) is -1.15. The van der Waals surface area contributed by atoms with E-state index in [0.717, 1.165) is 21.7 Å². The molecule has 8 rings (SSSR count). The molecule has 1 saturated heterocycles. The van der Waals surface area contributed by atoms with Crippen molar-refractivity contribution >= 4 is 52.2 Å². The number of rotatable bonds is 7. The highest BCUT2D eigenvalue weighted by atomic mass is 35.5. The SMILES string of the molecule is COc1ccc(C(=O)[C@H]2[C@H](C(=O)c3ccc(C)cc3)[C@@]3(C(=O)N(Cc4ccccc4)c4ccc(Cl)cc43)[C@@H]3Sc4ccccc4N32)cc1. The molecule has 48 heavy (non-hydrogen) atoms. The molecule has 3 heterocycles. The third-order valence-corrected chi connectivity index (χ3v) is 11.5. The number of amides is 1. The molecule has 1 amide bonds. The second kappa shape index (κ2) is 11.7. The van der Waals surface area contributed by atoms with Gasteiger partial charge in [-0.2, -0.15) is 0 Å². The maximum absolute atomic E-state index is 15.5. The second-order valence-corrected chi connectivity index (χ2v) is 14.1. The number of halogens is 1. The maximum atomic E-state index is 15.5. The van der Waals surface area contributed by atoms with Gasteiger partial charge in [-0.1, -0.05) is 95.7 Å². The van der Waals surface area contributed by atoms with Gasteiger partial charge in [0.05, 0.1) is 30.6 Å². The number of carbonyl (C=O) groups is 3. The molecule has 8 heteroatoms. The van der Waals surface area contributed by atoms with Crippen molar-refractivity contribution < 1.29 is 19.1 Å². The molecule has 3 aliphatic heterocycles. The van der Waals surface area contributed by atoms with E-state index in [1.165, 1.54) is 11.8 Å². The van der Waals surface area contributed by atoms with Gasteiger partial charge in [0.15, 0.2) is 11.6 Å². The number of hydrogen-bond acceptors (Lipinski definition) is 6. The number of hydrogen-bond donors (Lipinski definition) is 0. The monoisotopic (exact) mass is 670 g/mol. The summed E-state index contributed by atoms with van der Waals surface area (Å²) < 4.78 is 5.38. The van der Waals surface area contributed by atoms with Gasteiger partial charge in [-0.05, 0) is 72.6 Å². The molecule has 0 bridgehead atoms. The van der Waals surface area contributed by atoms with Gasteiger partial charge in [0.25, 0.3) is 0 Å². The fraction of sp³-hybridized carbons (Fsp3) is 0.175. The third-order valence-electron chi connectivity index (χ3n) is 9.87. The highest BCUT2D eigenvalue weighted by molar-refractivity contribution is 8.00. The Labute approximate surface area is 288 Å². The summed E-state index contributed by atoms with van der Waals surface area (Å²) in [6.45, 7) is 2.27. The summed E-state index contributed by atoms with van der Waals surface area (Å²) in [6, 6.07) is 36.5. The molecule has 0 radical (unpaired) electrons. The predicted molar refractivity (Wildman–Crippen MR) is 189 cm³/mol. The van der Waals surface area contributed by atoms with Gasteiger partial charge < -0.3 is 14.5 Å². The van der Waals surface area contributed by atoms with Gasteiger partial charge in [0.1, 0.15) is 17.2 Å². The zero-order chi connectivity index (χ0) is 33.2. The van der Waals surface area contributed by atoms with Crippen molar-refractivity contribution in [1.82, 2.24) is 0 Å². The number of Topliss-reactive ketones (excluding diaryl/α,β-unsaturated/α-hetero) is 2. The van der Waals surface area contributed by atoms with Gasteiger partial charge >= 0.3 is 0 Å². The Kier molecular flexibility index (Phi) is 7.42. The normalized spacial score (nSPS) is 22.1. The molecular formula is C40H31ClN2O4S. The van der Waals surface area contributed by atoms with Crippen LogP contribution in [0.15, 0.2) is 126 Å². The lowest BCUT2D eigenvalue weighted by Crippen LogP contribution is -2.52. The molecule has 5 aromatic rings. The van der Waals surface area contributed by atoms with Crippen LogP contribution in [-0.4, -0.2) is 36.0 Å². The Balaban J connectivity index is 1.40. The van der Waals surface area contributed by atoms with E-state index in [4.69, 9.17) is 16.3 Å². The number of ether oxygens (including phenoxy) is 1. The first-order valence-corrected chi connectivity index (χ1v) is 17.1. The molecule has 238 valence electrons. The minimum atomic E-state index is -1.44. The number of carbonyl (C=O) groups excluding carboxylic acids is 3. The molecular weight excluding hydrogens is 640 g/mol. The van der Waals surface area contributed by atoms with E-state index in [2.05, 4.69) is 0 Å². The number of thioether (sulfide) groups is 1. The molecule has 3 aliphatic rings. The number of ketones is 2. The van der Waals surface area contributed by atoms with Crippen molar-refractivity contribution in [2.24, 2.45) is 5.92 Å². The van der Waals surface area contributed by atoms with E-state index in [9.17, 15) is 0 Å². The summed E-state index contributed by atoms with van der Waals surface area (Å²) in [7, 11) is 1.58. The molecule has 0 N–H and O–H groups in total. The second-order valence-electron chi connectivity index (χ2n) is 12.5. The number of aryl methyl sites for hydroxylation is 1. The van der Waals surface area contributed by atoms with Crippen LogP contribution in [0.3, 0.4) is 0 Å². The summed E-state index contributed by atoms with van der Waals surface area (Å²) in [6.07, 6.45) is 0. The van der Waals surface area contributed by atoms with E-state index in [1.54, 1.807) is 54.5 Å². The zero-order valence-corrected chi connectivity index (χ0v) is 27.9. The number of benzene rings is 5. The molecule has 6 nitrogen and oxygen atoms in total. The topological polar surface area (TPSA) is 66.9 Å². The smallest absolute Gasteiger partial charge is 0.241 e. The van der Waals surface area contributed by atoms with Crippen molar-refractivity contribution in [2.45, 2.75) is 35.2 Å². The van der Waals surface area contributed by atoms with Crippen LogP contribution in [0.25, 0.3) is 0 Å². The lowest BCUT2D eigenvalue weighted by atomic mass is 9.67. The van der Waals surface area contributed by atoms with Gasteiger partial charge in [-0.15, -0.1) is 0 Å². The van der Waals surface area contributed by atoms with Crippen molar-refractivity contribution in [3.8, 4) is 5.75 Å². The van der Waals surface area contributed by atoms with Crippen LogP contribution < -0.4 is 14.5 Å². The van der Waals surface area contributed by atoms with Crippen LogP contribution in [-0.2, 0) is 16.8 Å². The quantitative estimate of drug-likeness (QED) is 0.163. The molecule has 0 aliphatic carbocycles. The standard InChI is InChI=1S/C40H31ClN2O4S/c1-24-12-14-26(15-13-24)36(44)34-35(37(45)27-16-19-29(47-2)20-17-27)43-32-10-6-7-11-33(32)48-39(43)40(34)30-22-28(41)18-21-31(30)42(38(40)46)23-25-8-4-3-5-9-25/h3-22,34-35,39H,23H2,1-2H3/t34-,35-,39+,40+/m1/s1. The minimum absolute atomic E-state index is 0.214. The van der Waals surface area contributed by atoms with Gasteiger partial charge in [0.2, 0.25) is 5.91 Å². The highest BCUT2D eigenvalue weighted by Gasteiger charge is 2.73. The average molecular weight is 671 g/mol. The summed E-state index contributed by atoms with van der Waals surface area (Å²) in [5, 5.41) is -0.131. The van der Waals surface area contributed by atoms with E-state index < -0.39 is 22.7 Å². The Morgan fingerprint density at radius 1 is 0.812 bits per heavy atom. The van der Waals surface area contributed by atoms with Crippen LogP contribution in [0.2, 0.25) is 5.02 Å². The first-order valence-electron chi connectivity index (χ1n) is 15.8. The Morgan fingerprint density at radius 2 is 1.48 bits per heavy atom. The van der Waals surface area contributed by atoms with Crippen LogP contribution in [0, 0.1) is 12.8 Å². The average Bonchev–Trinajstić information content (AvgIpc) is 3.71. The number of methoxy groups -OCH3 is 1. The first-order chi connectivity index (χ1) is 23.3. The third kappa shape index (κ3) is 4.52. The molecule has 1 fully saturated rings. The fourth-order valence-electron chi connectivity index (χ4n) is 7.68. The minimum Gasteiger partial charge on any atom is -0.497 e. The van der Waals surface area contributed by atoms with Crippen molar-refractivity contribution in [3.05, 3.63) is 154 Å². The van der Waals surface area contributed by atoms with E-state index in [0.29, 0.717) is 39.7 Å². The number of nitrogens with zero attached hydrogens (tertiary/aromatic N) is 2. The number of fused-ring (bicyclic) bond motifs is 6. The van der Waals surface area contributed by atoms with Gasteiger partial charge in [-0.25, -0.2) is 0 Å². The molecule has 0 aromatic heterocycles. The zero-order valence-electron chi connectivity index (χ0n) is 26.3. The summed E-state index contributed by atoms with van der Waals surface area (Å²) >= 11 is 8.28. The van der Waals surface area contributed by atoms with E-state index in [1.807, 2.05) is 90.7 Å². The molecule has 0 unspecified atom stereocenters. The van der Waals surface area contributed by atoms with Gasteiger partial charge in [0, 0.05) is 26.7 Å². The van der Waals surface area contributed by atoms with Crippen LogP contribution in [0.5, 0.6) is 5.75 Å². The van der Waals surface area contributed by atoms with Crippen LogP contribution >= 0.6 is 23.4 Å². The van der Waals surface area contributed by atoms with Crippen molar-refractivity contribution in [1.29, 1.82) is 0 Å². The first kappa shape index (κ1) is 30.5. The summed E-state index contributed by atoms with van der Waals surface area (Å²) in [4.78, 5) is 50.5. The van der Waals surface area contributed by atoms with Crippen molar-refractivity contribution in [3.63, 3.8) is 0 Å².